The molecule has 0 radical (unpaired) electrons. The molecular weight excluding hydrogens is 264 g/mol. The highest BCUT2D eigenvalue weighted by molar-refractivity contribution is 5.70. The Morgan fingerprint density at radius 2 is 2.30 bits per heavy atom. The third-order valence-corrected chi connectivity index (χ3v) is 3.98. The smallest absolute Gasteiger partial charge is 0.406 e. The van der Waals surface area contributed by atoms with Gasteiger partial charge in [0.15, 0.2) is 0 Å². The molecule has 1 aliphatic carbocycles. The molecule has 1 fully saturated rings. The largest absolute Gasteiger partial charge is 0.481 e. The zero-order valence-corrected chi connectivity index (χ0v) is 11.5. The van der Waals surface area contributed by atoms with Crippen molar-refractivity contribution in [1.29, 1.82) is 0 Å². The van der Waals surface area contributed by atoms with E-state index in [9.17, 15) is 14.9 Å². The van der Waals surface area contributed by atoms with E-state index in [1.165, 1.54) is 0 Å². The summed E-state index contributed by atoms with van der Waals surface area (Å²) in [4.78, 5) is 25.4. The maximum Gasteiger partial charge on any atom is 0.406 e. The SMILES string of the molecule is Cc1nc([N+](=O)[O-])c(NCC2CCCC2C(=O)O)n1C. The normalized spacial score (nSPS) is 21.9. The summed E-state index contributed by atoms with van der Waals surface area (Å²) in [6, 6.07) is 0. The van der Waals surface area contributed by atoms with Gasteiger partial charge in [0.05, 0.1) is 5.92 Å². The van der Waals surface area contributed by atoms with Crippen LogP contribution < -0.4 is 5.32 Å². The summed E-state index contributed by atoms with van der Waals surface area (Å²) in [5, 5.41) is 23.1. The maximum atomic E-state index is 11.1. The fourth-order valence-electron chi connectivity index (χ4n) is 2.75. The van der Waals surface area contributed by atoms with Crippen molar-refractivity contribution in [3.8, 4) is 0 Å². The van der Waals surface area contributed by atoms with Crippen molar-refractivity contribution in [2.75, 3.05) is 11.9 Å². The lowest BCUT2D eigenvalue weighted by atomic mass is 9.96. The molecule has 8 heteroatoms. The zero-order valence-electron chi connectivity index (χ0n) is 11.5. The third-order valence-electron chi connectivity index (χ3n) is 3.98. The molecule has 0 aromatic carbocycles. The Balaban J connectivity index is 2.11. The molecule has 20 heavy (non-hydrogen) atoms. The van der Waals surface area contributed by atoms with Crippen molar-refractivity contribution in [2.45, 2.75) is 26.2 Å². The molecule has 2 N–H and O–H groups in total. The van der Waals surface area contributed by atoms with Crippen molar-refractivity contribution < 1.29 is 14.8 Å². The molecule has 1 heterocycles. The Morgan fingerprint density at radius 1 is 1.60 bits per heavy atom. The van der Waals surface area contributed by atoms with Gasteiger partial charge in [-0.1, -0.05) is 6.42 Å². The first-order valence-electron chi connectivity index (χ1n) is 6.56. The second kappa shape index (κ2) is 5.48. The first kappa shape index (κ1) is 14.3. The lowest BCUT2D eigenvalue weighted by Gasteiger charge is -2.16. The predicted octanol–water partition coefficient (Wildman–Crippen LogP) is 1.55. The topological polar surface area (TPSA) is 110 Å². The molecule has 1 saturated carbocycles. The van der Waals surface area contributed by atoms with E-state index in [0.717, 1.165) is 12.8 Å². The number of nitro groups is 1. The summed E-state index contributed by atoms with van der Waals surface area (Å²) in [5.41, 5.74) is 0. The molecular formula is C12H18N4O4. The van der Waals surface area contributed by atoms with Gasteiger partial charge in [-0.3, -0.25) is 9.36 Å². The van der Waals surface area contributed by atoms with Gasteiger partial charge in [0.2, 0.25) is 11.6 Å². The van der Waals surface area contributed by atoms with E-state index in [2.05, 4.69) is 10.3 Å². The van der Waals surface area contributed by atoms with Gasteiger partial charge in [-0.2, -0.15) is 0 Å². The minimum absolute atomic E-state index is 0.00214. The van der Waals surface area contributed by atoms with E-state index in [1.807, 2.05) is 0 Å². The number of aliphatic carboxylic acids is 1. The Kier molecular flexibility index (Phi) is 3.91. The van der Waals surface area contributed by atoms with Gasteiger partial charge in [-0.15, -0.1) is 0 Å². The fraction of sp³-hybridized carbons (Fsp3) is 0.667. The number of rotatable bonds is 5. The standard InChI is InChI=1S/C12H18N4O4/c1-7-14-11(16(19)20)10(15(7)2)13-6-8-4-3-5-9(8)12(17)18/h8-9,13H,3-6H2,1-2H3,(H,17,18). The summed E-state index contributed by atoms with van der Waals surface area (Å²) in [6.45, 7) is 2.10. The molecule has 8 nitrogen and oxygen atoms in total. The molecule has 110 valence electrons. The van der Waals surface area contributed by atoms with E-state index < -0.39 is 10.9 Å². The van der Waals surface area contributed by atoms with Crippen molar-refractivity contribution in [3.63, 3.8) is 0 Å². The van der Waals surface area contributed by atoms with E-state index in [-0.39, 0.29) is 17.7 Å². The second-order valence-electron chi connectivity index (χ2n) is 5.16. The number of hydrogen-bond donors (Lipinski definition) is 2. The fourth-order valence-corrected chi connectivity index (χ4v) is 2.75. The summed E-state index contributed by atoms with van der Waals surface area (Å²) in [5.74, 6) is -0.484. The average molecular weight is 282 g/mol. The molecule has 0 aliphatic heterocycles. The molecule has 0 spiro atoms. The van der Waals surface area contributed by atoms with Crippen LogP contribution in [0.3, 0.4) is 0 Å². The molecule has 0 saturated heterocycles. The van der Waals surface area contributed by atoms with Crippen LogP contribution in [0.1, 0.15) is 25.1 Å². The van der Waals surface area contributed by atoms with Crippen LogP contribution >= 0.6 is 0 Å². The number of hydrogen-bond acceptors (Lipinski definition) is 5. The Labute approximate surface area is 116 Å². The van der Waals surface area contributed by atoms with Crippen LogP contribution in [0, 0.1) is 28.9 Å². The number of anilines is 1. The van der Waals surface area contributed by atoms with E-state index in [1.54, 1.807) is 18.5 Å². The highest BCUT2D eigenvalue weighted by Gasteiger charge is 2.33. The zero-order chi connectivity index (χ0) is 14.9. The number of carboxylic acid groups (broad SMARTS) is 1. The molecule has 0 bridgehead atoms. The number of carbonyl (C=O) groups is 1. The number of nitrogens with zero attached hydrogens (tertiary/aromatic N) is 3. The van der Waals surface area contributed by atoms with Gasteiger partial charge in [0.25, 0.3) is 0 Å². The van der Waals surface area contributed by atoms with Gasteiger partial charge in [0, 0.05) is 20.5 Å². The van der Waals surface area contributed by atoms with Crippen molar-refractivity contribution in [2.24, 2.45) is 18.9 Å². The van der Waals surface area contributed by atoms with E-state index >= 15 is 0 Å². The highest BCUT2D eigenvalue weighted by Crippen LogP contribution is 2.33. The van der Waals surface area contributed by atoms with Crippen molar-refractivity contribution >= 4 is 17.6 Å². The minimum Gasteiger partial charge on any atom is -0.481 e. The first-order valence-corrected chi connectivity index (χ1v) is 6.56. The Morgan fingerprint density at radius 3 is 2.90 bits per heavy atom. The van der Waals surface area contributed by atoms with Gasteiger partial charge < -0.3 is 20.5 Å². The molecule has 0 amide bonds. The number of nitrogens with one attached hydrogen (secondary N) is 1. The van der Waals surface area contributed by atoms with Gasteiger partial charge in [0.1, 0.15) is 0 Å². The quantitative estimate of drug-likeness (QED) is 0.626. The summed E-state index contributed by atoms with van der Waals surface area (Å²) >= 11 is 0. The summed E-state index contributed by atoms with van der Waals surface area (Å²) in [7, 11) is 1.70. The minimum atomic E-state index is -0.787. The highest BCUT2D eigenvalue weighted by atomic mass is 16.6. The van der Waals surface area contributed by atoms with Crippen LogP contribution in [0.25, 0.3) is 0 Å². The van der Waals surface area contributed by atoms with Crippen LogP contribution in [-0.4, -0.2) is 32.1 Å². The van der Waals surface area contributed by atoms with E-state index in [0.29, 0.717) is 24.6 Å². The predicted molar refractivity (Wildman–Crippen MR) is 71.6 cm³/mol. The van der Waals surface area contributed by atoms with Crippen LogP contribution in [-0.2, 0) is 11.8 Å². The molecule has 2 atom stereocenters. The lowest BCUT2D eigenvalue weighted by molar-refractivity contribution is -0.388. The van der Waals surface area contributed by atoms with Crippen LogP contribution in [0.5, 0.6) is 0 Å². The first-order chi connectivity index (χ1) is 9.41. The van der Waals surface area contributed by atoms with Crippen molar-refractivity contribution in [1.82, 2.24) is 9.55 Å². The molecule has 1 aromatic heterocycles. The summed E-state index contributed by atoms with van der Waals surface area (Å²) in [6.07, 6.45) is 2.39. The Bertz CT molecular complexity index is 540. The van der Waals surface area contributed by atoms with E-state index in [4.69, 9.17) is 5.11 Å². The molecule has 2 unspecified atom stereocenters. The van der Waals surface area contributed by atoms with Crippen LogP contribution in [0.2, 0.25) is 0 Å². The summed E-state index contributed by atoms with van der Waals surface area (Å²) < 4.78 is 1.61. The number of aryl methyl sites for hydroxylation is 1. The average Bonchev–Trinajstić information content (AvgIpc) is 2.94. The number of aromatic nitrogens is 2. The van der Waals surface area contributed by atoms with Crippen LogP contribution in [0.15, 0.2) is 0 Å². The van der Waals surface area contributed by atoms with Gasteiger partial charge in [-0.05, 0) is 28.7 Å². The number of imidazole rings is 1. The number of carboxylic acids is 1. The Hall–Kier alpha value is -2.12. The maximum absolute atomic E-state index is 11.1. The second-order valence-corrected chi connectivity index (χ2v) is 5.16. The molecule has 2 rings (SSSR count). The third kappa shape index (κ3) is 2.59. The van der Waals surface area contributed by atoms with Gasteiger partial charge >= 0.3 is 11.8 Å². The molecule has 1 aromatic rings. The van der Waals surface area contributed by atoms with Crippen LogP contribution in [0.4, 0.5) is 11.6 Å². The monoisotopic (exact) mass is 282 g/mol. The molecule has 1 aliphatic rings. The lowest BCUT2D eigenvalue weighted by Crippen LogP contribution is -2.25. The van der Waals surface area contributed by atoms with Gasteiger partial charge in [-0.25, -0.2) is 0 Å². The van der Waals surface area contributed by atoms with Crippen molar-refractivity contribution in [3.05, 3.63) is 15.9 Å².